The van der Waals surface area contributed by atoms with Crippen molar-refractivity contribution < 1.29 is 24.2 Å². The van der Waals surface area contributed by atoms with E-state index in [1.54, 1.807) is 48.5 Å². The Hall–Kier alpha value is -2.99. The lowest BCUT2D eigenvalue weighted by molar-refractivity contribution is -0.142. The fourth-order valence-electron chi connectivity index (χ4n) is 3.02. The molecule has 0 unspecified atom stereocenters. The van der Waals surface area contributed by atoms with Gasteiger partial charge >= 0.3 is 5.97 Å². The van der Waals surface area contributed by atoms with Crippen LogP contribution in [-0.2, 0) is 20.7 Å². The summed E-state index contributed by atoms with van der Waals surface area (Å²) in [6.45, 7) is 0.848. The zero-order valence-corrected chi connectivity index (χ0v) is 14.8. The third kappa shape index (κ3) is 4.80. The highest BCUT2D eigenvalue weighted by molar-refractivity contribution is 6.08. The molecular formula is C21H21NO5. The van der Waals surface area contributed by atoms with E-state index in [0.717, 1.165) is 5.56 Å². The van der Waals surface area contributed by atoms with E-state index in [1.807, 2.05) is 6.07 Å². The molecule has 2 atom stereocenters. The molecule has 1 amide bonds. The van der Waals surface area contributed by atoms with Crippen LogP contribution in [0.15, 0.2) is 54.6 Å². The molecule has 6 heteroatoms. The minimum Gasteiger partial charge on any atom is -0.480 e. The van der Waals surface area contributed by atoms with Crippen molar-refractivity contribution in [2.45, 2.75) is 18.9 Å². The molecule has 27 heavy (non-hydrogen) atoms. The third-order valence-corrected chi connectivity index (χ3v) is 4.61. The molecule has 6 nitrogen and oxygen atoms in total. The lowest BCUT2D eigenvalue weighted by Gasteiger charge is -2.17. The summed E-state index contributed by atoms with van der Waals surface area (Å²) in [5.74, 6) is -1.77. The van der Waals surface area contributed by atoms with Gasteiger partial charge in [-0.3, -0.25) is 9.59 Å². The first kappa shape index (κ1) is 18.8. The SMILES string of the molecule is O=C(c1ccccc1)c1ccc(C[C@H](NC(=O)[C@H]2CCOC2)C(=O)O)cc1. The molecule has 1 saturated heterocycles. The van der Waals surface area contributed by atoms with Gasteiger partial charge in [0.05, 0.1) is 12.5 Å². The van der Waals surface area contributed by atoms with Crippen molar-refractivity contribution in [3.05, 3.63) is 71.3 Å². The molecule has 140 valence electrons. The van der Waals surface area contributed by atoms with E-state index in [9.17, 15) is 19.5 Å². The number of aliphatic carboxylic acids is 1. The Morgan fingerprint density at radius 1 is 1.04 bits per heavy atom. The lowest BCUT2D eigenvalue weighted by atomic mass is 9.99. The van der Waals surface area contributed by atoms with Crippen LogP contribution >= 0.6 is 0 Å². The van der Waals surface area contributed by atoms with Gasteiger partial charge in [-0.2, -0.15) is 0 Å². The van der Waals surface area contributed by atoms with Gasteiger partial charge < -0.3 is 15.2 Å². The zero-order valence-electron chi connectivity index (χ0n) is 14.8. The number of carboxylic acid groups (broad SMARTS) is 1. The van der Waals surface area contributed by atoms with Gasteiger partial charge in [-0.1, -0.05) is 54.6 Å². The third-order valence-electron chi connectivity index (χ3n) is 4.61. The van der Waals surface area contributed by atoms with E-state index in [0.29, 0.717) is 30.8 Å². The number of amides is 1. The number of carboxylic acids is 1. The van der Waals surface area contributed by atoms with Gasteiger partial charge in [0.1, 0.15) is 6.04 Å². The Morgan fingerprint density at radius 3 is 2.30 bits per heavy atom. The second kappa shape index (κ2) is 8.60. The fourth-order valence-corrected chi connectivity index (χ4v) is 3.02. The average Bonchev–Trinajstić information content (AvgIpc) is 3.23. The van der Waals surface area contributed by atoms with Crippen molar-refractivity contribution in [1.29, 1.82) is 0 Å². The monoisotopic (exact) mass is 367 g/mol. The molecule has 2 aromatic carbocycles. The molecule has 0 aromatic heterocycles. The number of ether oxygens (including phenoxy) is 1. The summed E-state index contributed by atoms with van der Waals surface area (Å²) in [6, 6.07) is 14.7. The number of rotatable bonds is 7. The maximum Gasteiger partial charge on any atom is 0.326 e. The molecule has 0 radical (unpaired) electrons. The first-order valence-electron chi connectivity index (χ1n) is 8.84. The molecular weight excluding hydrogens is 346 g/mol. The predicted molar refractivity (Wildman–Crippen MR) is 98.5 cm³/mol. The summed E-state index contributed by atoms with van der Waals surface area (Å²) in [5, 5.41) is 12.0. The van der Waals surface area contributed by atoms with E-state index in [2.05, 4.69) is 5.32 Å². The van der Waals surface area contributed by atoms with E-state index in [1.165, 1.54) is 0 Å². The van der Waals surface area contributed by atoms with Crippen LogP contribution in [0.1, 0.15) is 27.9 Å². The zero-order chi connectivity index (χ0) is 19.2. The van der Waals surface area contributed by atoms with E-state index >= 15 is 0 Å². The predicted octanol–water partition coefficient (Wildman–Crippen LogP) is 2.07. The number of nitrogens with one attached hydrogen (secondary N) is 1. The second-order valence-corrected chi connectivity index (χ2v) is 6.56. The van der Waals surface area contributed by atoms with E-state index in [-0.39, 0.29) is 24.0 Å². The van der Waals surface area contributed by atoms with Crippen LogP contribution in [0, 0.1) is 5.92 Å². The summed E-state index contributed by atoms with van der Waals surface area (Å²) in [4.78, 5) is 36.1. The average molecular weight is 367 g/mol. The molecule has 1 aliphatic heterocycles. The molecule has 3 rings (SSSR count). The van der Waals surface area contributed by atoms with Crippen LogP contribution in [0.4, 0.5) is 0 Å². The van der Waals surface area contributed by atoms with E-state index < -0.39 is 12.0 Å². The van der Waals surface area contributed by atoms with Crippen molar-refractivity contribution in [3.63, 3.8) is 0 Å². The van der Waals surface area contributed by atoms with Crippen molar-refractivity contribution in [3.8, 4) is 0 Å². The minimum atomic E-state index is -1.09. The van der Waals surface area contributed by atoms with Crippen molar-refractivity contribution >= 4 is 17.7 Å². The summed E-state index contributed by atoms with van der Waals surface area (Å²) in [6.07, 6.45) is 0.753. The van der Waals surface area contributed by atoms with Gasteiger partial charge in [-0.15, -0.1) is 0 Å². The van der Waals surface area contributed by atoms with Crippen LogP contribution in [0.3, 0.4) is 0 Å². The summed E-state index contributed by atoms with van der Waals surface area (Å²) >= 11 is 0. The number of benzene rings is 2. The van der Waals surface area contributed by atoms with Gasteiger partial charge in [0.25, 0.3) is 0 Å². The van der Waals surface area contributed by atoms with Crippen LogP contribution < -0.4 is 5.32 Å². The van der Waals surface area contributed by atoms with Gasteiger partial charge in [-0.05, 0) is 12.0 Å². The maximum atomic E-state index is 12.4. The Kier molecular flexibility index (Phi) is 5.98. The summed E-state index contributed by atoms with van der Waals surface area (Å²) < 4.78 is 5.17. The fraction of sp³-hybridized carbons (Fsp3) is 0.286. The van der Waals surface area contributed by atoms with Crippen LogP contribution in [0.25, 0.3) is 0 Å². The minimum absolute atomic E-state index is 0.0912. The van der Waals surface area contributed by atoms with Crippen LogP contribution in [0.5, 0.6) is 0 Å². The molecule has 0 spiro atoms. The number of carbonyl (C=O) groups excluding carboxylic acids is 2. The maximum absolute atomic E-state index is 12.4. The topological polar surface area (TPSA) is 92.7 Å². The summed E-state index contributed by atoms with van der Waals surface area (Å²) in [7, 11) is 0. The van der Waals surface area contributed by atoms with Crippen LogP contribution in [0.2, 0.25) is 0 Å². The Labute approximate surface area is 157 Å². The number of ketones is 1. The van der Waals surface area contributed by atoms with Gasteiger partial charge in [0.15, 0.2) is 5.78 Å². The Bertz CT molecular complexity index is 810. The van der Waals surface area contributed by atoms with Crippen molar-refractivity contribution in [1.82, 2.24) is 5.32 Å². The number of hydrogen-bond donors (Lipinski definition) is 2. The van der Waals surface area contributed by atoms with E-state index in [4.69, 9.17) is 4.74 Å². The molecule has 1 fully saturated rings. The molecule has 0 saturated carbocycles. The highest BCUT2D eigenvalue weighted by Crippen LogP contribution is 2.15. The Morgan fingerprint density at radius 2 is 1.70 bits per heavy atom. The van der Waals surface area contributed by atoms with Gasteiger partial charge in [-0.25, -0.2) is 4.79 Å². The molecule has 0 bridgehead atoms. The van der Waals surface area contributed by atoms with Gasteiger partial charge in [0, 0.05) is 24.2 Å². The largest absolute Gasteiger partial charge is 0.480 e. The van der Waals surface area contributed by atoms with Crippen molar-refractivity contribution in [2.24, 2.45) is 5.92 Å². The normalized spacial score (nSPS) is 17.3. The van der Waals surface area contributed by atoms with Crippen LogP contribution in [-0.4, -0.2) is 42.0 Å². The lowest BCUT2D eigenvalue weighted by Crippen LogP contribution is -2.45. The number of carbonyl (C=O) groups is 3. The molecule has 2 N–H and O–H groups in total. The van der Waals surface area contributed by atoms with Crippen molar-refractivity contribution in [2.75, 3.05) is 13.2 Å². The molecule has 1 heterocycles. The first-order valence-corrected chi connectivity index (χ1v) is 8.84. The second-order valence-electron chi connectivity index (χ2n) is 6.56. The highest BCUT2D eigenvalue weighted by Gasteiger charge is 2.28. The smallest absolute Gasteiger partial charge is 0.326 e. The Balaban J connectivity index is 1.65. The first-order chi connectivity index (χ1) is 13.0. The summed E-state index contributed by atoms with van der Waals surface area (Å²) in [5.41, 5.74) is 1.86. The molecule has 0 aliphatic carbocycles. The van der Waals surface area contributed by atoms with Gasteiger partial charge in [0.2, 0.25) is 5.91 Å². The quantitative estimate of drug-likeness (QED) is 0.731. The highest BCUT2D eigenvalue weighted by atomic mass is 16.5. The molecule has 2 aromatic rings. The standard InChI is InChI=1S/C21H21NO5/c23-19(15-4-2-1-3-5-15)16-8-6-14(7-9-16)12-18(21(25)26)22-20(24)17-10-11-27-13-17/h1-9,17-18H,10-13H2,(H,22,24)(H,25,26)/t17-,18-/m0/s1. The number of hydrogen-bond acceptors (Lipinski definition) is 4. The molecule has 1 aliphatic rings.